The first-order valence-corrected chi connectivity index (χ1v) is 5.05. The SMILES string of the molecule is CCc1c(O)c2cccc(Cl)c2[nH]c1=O. The Hall–Kier alpha value is -1.48. The van der Waals surface area contributed by atoms with Crippen molar-refractivity contribution in [3.05, 3.63) is 39.1 Å². The molecule has 0 saturated carbocycles. The van der Waals surface area contributed by atoms with Crippen molar-refractivity contribution < 1.29 is 5.11 Å². The Morgan fingerprint density at radius 1 is 1.47 bits per heavy atom. The van der Waals surface area contributed by atoms with Gasteiger partial charge in [-0.25, -0.2) is 0 Å². The minimum atomic E-state index is -0.282. The van der Waals surface area contributed by atoms with Gasteiger partial charge in [0.25, 0.3) is 5.56 Å². The number of halogens is 1. The number of hydrogen-bond acceptors (Lipinski definition) is 2. The standard InChI is InChI=1S/C11H10ClNO2/c1-2-6-10(14)7-4-3-5-8(12)9(7)13-11(6)15/h3-5H,2H2,1H3,(H2,13,14,15). The maximum absolute atomic E-state index is 11.6. The van der Waals surface area contributed by atoms with Crippen molar-refractivity contribution >= 4 is 22.5 Å². The molecule has 1 aromatic carbocycles. The number of benzene rings is 1. The van der Waals surface area contributed by atoms with Crippen molar-refractivity contribution in [2.75, 3.05) is 0 Å². The highest BCUT2D eigenvalue weighted by atomic mass is 35.5. The normalized spacial score (nSPS) is 10.8. The van der Waals surface area contributed by atoms with Gasteiger partial charge in [0.15, 0.2) is 0 Å². The molecule has 3 nitrogen and oxygen atoms in total. The number of aromatic nitrogens is 1. The molecule has 2 N–H and O–H groups in total. The number of para-hydroxylation sites is 1. The van der Waals surface area contributed by atoms with E-state index in [4.69, 9.17) is 11.6 Å². The first-order valence-electron chi connectivity index (χ1n) is 4.67. The van der Waals surface area contributed by atoms with E-state index in [0.29, 0.717) is 27.9 Å². The summed E-state index contributed by atoms with van der Waals surface area (Å²) >= 11 is 5.92. The summed E-state index contributed by atoms with van der Waals surface area (Å²) in [7, 11) is 0. The Morgan fingerprint density at radius 2 is 2.20 bits per heavy atom. The second-order valence-electron chi connectivity index (χ2n) is 3.30. The third-order valence-electron chi connectivity index (χ3n) is 2.42. The quantitative estimate of drug-likeness (QED) is 0.780. The molecule has 1 aromatic heterocycles. The summed E-state index contributed by atoms with van der Waals surface area (Å²) in [6, 6.07) is 5.14. The van der Waals surface area contributed by atoms with Crippen LogP contribution in [0.25, 0.3) is 10.9 Å². The van der Waals surface area contributed by atoms with Gasteiger partial charge in [-0.15, -0.1) is 0 Å². The van der Waals surface area contributed by atoms with Crippen LogP contribution < -0.4 is 5.56 Å². The van der Waals surface area contributed by atoms with Gasteiger partial charge in [0.2, 0.25) is 0 Å². The number of fused-ring (bicyclic) bond motifs is 1. The summed E-state index contributed by atoms with van der Waals surface area (Å²) in [4.78, 5) is 14.2. The minimum absolute atomic E-state index is 0.0266. The number of pyridine rings is 1. The highest BCUT2D eigenvalue weighted by Gasteiger charge is 2.11. The van der Waals surface area contributed by atoms with E-state index in [1.165, 1.54) is 0 Å². The molecule has 0 bridgehead atoms. The van der Waals surface area contributed by atoms with E-state index in [9.17, 15) is 9.90 Å². The van der Waals surface area contributed by atoms with Crippen molar-refractivity contribution in [1.82, 2.24) is 4.98 Å². The molecule has 0 aliphatic rings. The molecule has 0 amide bonds. The van der Waals surface area contributed by atoms with Crippen LogP contribution >= 0.6 is 11.6 Å². The largest absolute Gasteiger partial charge is 0.507 e. The van der Waals surface area contributed by atoms with E-state index < -0.39 is 0 Å². The molecule has 2 aromatic rings. The Kier molecular flexibility index (Phi) is 2.40. The third-order valence-corrected chi connectivity index (χ3v) is 2.74. The number of H-pyrrole nitrogens is 1. The molecule has 0 aliphatic carbocycles. The fraction of sp³-hybridized carbons (Fsp3) is 0.182. The summed E-state index contributed by atoms with van der Waals surface area (Å²) < 4.78 is 0. The summed E-state index contributed by atoms with van der Waals surface area (Å²) in [5.74, 6) is 0.0266. The average Bonchev–Trinajstić information content (AvgIpc) is 2.20. The zero-order valence-corrected chi connectivity index (χ0v) is 8.93. The van der Waals surface area contributed by atoms with E-state index in [-0.39, 0.29) is 11.3 Å². The Morgan fingerprint density at radius 3 is 2.87 bits per heavy atom. The van der Waals surface area contributed by atoms with Crippen LogP contribution in [-0.2, 0) is 6.42 Å². The monoisotopic (exact) mass is 223 g/mol. The third kappa shape index (κ3) is 1.49. The maximum Gasteiger partial charge on any atom is 0.255 e. The predicted molar refractivity (Wildman–Crippen MR) is 60.6 cm³/mol. The molecule has 0 aliphatic heterocycles. The maximum atomic E-state index is 11.6. The van der Waals surface area contributed by atoms with Crippen molar-refractivity contribution in [2.24, 2.45) is 0 Å². The van der Waals surface area contributed by atoms with Gasteiger partial charge in [-0.2, -0.15) is 0 Å². The first-order chi connectivity index (χ1) is 7.15. The van der Waals surface area contributed by atoms with E-state index in [2.05, 4.69) is 4.98 Å². The summed E-state index contributed by atoms with van der Waals surface area (Å²) in [5, 5.41) is 10.9. The number of nitrogens with one attached hydrogen (secondary N) is 1. The fourth-order valence-electron chi connectivity index (χ4n) is 1.64. The predicted octanol–water partition coefficient (Wildman–Crippen LogP) is 2.45. The molecule has 0 saturated heterocycles. The van der Waals surface area contributed by atoms with Crippen LogP contribution in [0.3, 0.4) is 0 Å². The van der Waals surface area contributed by atoms with Gasteiger partial charge >= 0.3 is 0 Å². The zero-order chi connectivity index (χ0) is 11.0. The molecule has 0 atom stereocenters. The van der Waals surface area contributed by atoms with Crippen LogP contribution in [0, 0.1) is 0 Å². The van der Waals surface area contributed by atoms with Crippen molar-refractivity contribution in [1.29, 1.82) is 0 Å². The van der Waals surface area contributed by atoms with Crippen molar-refractivity contribution in [3.8, 4) is 5.75 Å². The summed E-state index contributed by atoms with van der Waals surface area (Å²) in [5.41, 5.74) is 0.597. The highest BCUT2D eigenvalue weighted by Crippen LogP contribution is 2.28. The van der Waals surface area contributed by atoms with Gasteiger partial charge in [0, 0.05) is 5.39 Å². The molecular weight excluding hydrogens is 214 g/mol. The zero-order valence-electron chi connectivity index (χ0n) is 8.17. The van der Waals surface area contributed by atoms with Gasteiger partial charge in [-0.3, -0.25) is 4.79 Å². The smallest absolute Gasteiger partial charge is 0.255 e. The molecule has 0 unspecified atom stereocenters. The Bertz CT molecular complexity index is 575. The second-order valence-corrected chi connectivity index (χ2v) is 3.70. The first kappa shape index (κ1) is 10.1. The molecule has 2 rings (SSSR count). The lowest BCUT2D eigenvalue weighted by Crippen LogP contribution is -2.12. The fourth-order valence-corrected chi connectivity index (χ4v) is 1.86. The number of aromatic hydroxyl groups is 1. The Labute approximate surface area is 91.3 Å². The minimum Gasteiger partial charge on any atom is -0.507 e. The molecule has 0 fully saturated rings. The molecule has 4 heteroatoms. The Balaban J connectivity index is 2.97. The second kappa shape index (κ2) is 3.59. The van der Waals surface area contributed by atoms with E-state index in [1.54, 1.807) is 18.2 Å². The molecule has 1 heterocycles. The summed E-state index contributed by atoms with van der Waals surface area (Å²) in [6.45, 7) is 1.82. The van der Waals surface area contributed by atoms with E-state index in [0.717, 1.165) is 0 Å². The number of hydrogen-bond donors (Lipinski definition) is 2. The van der Waals surface area contributed by atoms with Gasteiger partial charge in [0.1, 0.15) is 5.75 Å². The van der Waals surface area contributed by atoms with Crippen molar-refractivity contribution in [2.45, 2.75) is 13.3 Å². The summed E-state index contributed by atoms with van der Waals surface area (Å²) in [6.07, 6.45) is 0.490. The molecule has 0 radical (unpaired) electrons. The van der Waals surface area contributed by atoms with Crippen LogP contribution in [0.15, 0.2) is 23.0 Å². The van der Waals surface area contributed by atoms with Gasteiger partial charge in [-0.1, -0.05) is 24.6 Å². The number of aromatic amines is 1. The lowest BCUT2D eigenvalue weighted by Gasteiger charge is -2.06. The van der Waals surface area contributed by atoms with E-state index >= 15 is 0 Å². The highest BCUT2D eigenvalue weighted by molar-refractivity contribution is 6.35. The topological polar surface area (TPSA) is 53.1 Å². The average molecular weight is 224 g/mol. The lowest BCUT2D eigenvalue weighted by molar-refractivity contribution is 0.473. The molecule has 0 spiro atoms. The van der Waals surface area contributed by atoms with Crippen molar-refractivity contribution in [3.63, 3.8) is 0 Å². The molecule has 78 valence electrons. The molecular formula is C11H10ClNO2. The number of rotatable bonds is 1. The van der Waals surface area contributed by atoms with Crippen LogP contribution in [0.4, 0.5) is 0 Å². The van der Waals surface area contributed by atoms with Crippen LogP contribution in [0.5, 0.6) is 5.75 Å². The van der Waals surface area contributed by atoms with Gasteiger partial charge in [0.05, 0.1) is 16.1 Å². The van der Waals surface area contributed by atoms with Gasteiger partial charge < -0.3 is 10.1 Å². The van der Waals surface area contributed by atoms with Crippen LogP contribution in [-0.4, -0.2) is 10.1 Å². The lowest BCUT2D eigenvalue weighted by atomic mass is 10.1. The van der Waals surface area contributed by atoms with Crippen LogP contribution in [0.2, 0.25) is 5.02 Å². The van der Waals surface area contributed by atoms with E-state index in [1.807, 2.05) is 6.92 Å². The molecule has 15 heavy (non-hydrogen) atoms. The van der Waals surface area contributed by atoms with Gasteiger partial charge in [-0.05, 0) is 18.6 Å². The van der Waals surface area contributed by atoms with Crippen LogP contribution in [0.1, 0.15) is 12.5 Å².